The largest absolute Gasteiger partial charge is 0.489 e. The molecule has 0 unspecified atom stereocenters. The number of benzene rings is 2. The molecule has 2 rings (SSSR count). The van der Waals surface area contributed by atoms with Gasteiger partial charge in [-0.3, -0.25) is 0 Å². The number of unbranched alkanes of at least 4 members (excludes halogenated alkanes) is 10. The highest BCUT2D eigenvalue weighted by Gasteiger charge is 1.99. The summed E-state index contributed by atoms with van der Waals surface area (Å²) in [6, 6.07) is 17.4. The van der Waals surface area contributed by atoms with Crippen LogP contribution in [0.1, 0.15) is 108 Å². The van der Waals surface area contributed by atoms with Crippen LogP contribution in [-0.4, -0.2) is 0 Å². The number of hydrogen-bond donors (Lipinski definition) is 0. The fraction of sp³-hybridized carbons (Fsp3) is 0.533. The lowest BCUT2D eigenvalue weighted by molar-refractivity contribution is 0.306. The summed E-state index contributed by atoms with van der Waals surface area (Å²) in [6.07, 6.45) is 21.8. The van der Waals surface area contributed by atoms with E-state index < -0.39 is 0 Å². The van der Waals surface area contributed by atoms with Gasteiger partial charge in [-0.15, -0.1) is 0 Å². The van der Waals surface area contributed by atoms with Crippen LogP contribution in [0.5, 0.6) is 5.75 Å². The van der Waals surface area contributed by atoms with Crippen molar-refractivity contribution in [2.75, 3.05) is 0 Å². The van der Waals surface area contributed by atoms with Crippen molar-refractivity contribution in [2.24, 2.45) is 0 Å². The quantitative estimate of drug-likeness (QED) is 0.231. The molecule has 0 aliphatic heterocycles. The minimum atomic E-state index is 0.629. The SMILES string of the molecule is CCCCCCCC=Cc1ccc(OCc2ccc(CCCCCCCC)cc2)cc1. The minimum absolute atomic E-state index is 0.629. The van der Waals surface area contributed by atoms with Gasteiger partial charge in [-0.25, -0.2) is 0 Å². The summed E-state index contributed by atoms with van der Waals surface area (Å²) in [4.78, 5) is 0. The molecule has 0 amide bonds. The van der Waals surface area contributed by atoms with E-state index in [1.54, 1.807) is 0 Å². The van der Waals surface area contributed by atoms with Gasteiger partial charge in [0, 0.05) is 0 Å². The molecule has 0 spiro atoms. The van der Waals surface area contributed by atoms with Crippen molar-refractivity contribution in [2.45, 2.75) is 104 Å². The second-order valence-electron chi connectivity index (χ2n) is 8.80. The third-order valence-corrected chi connectivity index (χ3v) is 5.91. The molecule has 0 fully saturated rings. The average molecular weight is 421 g/mol. The Balaban J connectivity index is 1.63. The normalized spacial score (nSPS) is 11.3. The Bertz CT molecular complexity index is 696. The predicted octanol–water partition coefficient (Wildman–Crippen LogP) is 9.54. The summed E-state index contributed by atoms with van der Waals surface area (Å²) in [7, 11) is 0. The van der Waals surface area contributed by atoms with Crippen molar-refractivity contribution < 1.29 is 4.74 Å². The Kier molecular flexibility index (Phi) is 13.6. The number of allylic oxidation sites excluding steroid dienone is 1. The zero-order valence-electron chi connectivity index (χ0n) is 20.1. The smallest absolute Gasteiger partial charge is 0.119 e. The molecule has 0 aliphatic carbocycles. The maximum atomic E-state index is 5.98. The summed E-state index contributed by atoms with van der Waals surface area (Å²) in [6.45, 7) is 5.17. The first-order chi connectivity index (χ1) is 15.3. The van der Waals surface area contributed by atoms with Crippen molar-refractivity contribution in [1.82, 2.24) is 0 Å². The van der Waals surface area contributed by atoms with E-state index in [-0.39, 0.29) is 0 Å². The van der Waals surface area contributed by atoms with Crippen molar-refractivity contribution >= 4 is 6.08 Å². The highest BCUT2D eigenvalue weighted by atomic mass is 16.5. The summed E-state index contributed by atoms with van der Waals surface area (Å²) in [5, 5.41) is 0. The Morgan fingerprint density at radius 2 is 1.19 bits per heavy atom. The molecule has 1 nitrogen and oxygen atoms in total. The highest BCUT2D eigenvalue weighted by Crippen LogP contribution is 2.17. The van der Waals surface area contributed by atoms with Crippen molar-refractivity contribution in [1.29, 1.82) is 0 Å². The number of hydrogen-bond acceptors (Lipinski definition) is 1. The van der Waals surface area contributed by atoms with Gasteiger partial charge in [0.05, 0.1) is 0 Å². The van der Waals surface area contributed by atoms with Crippen LogP contribution in [0.15, 0.2) is 54.6 Å². The number of ether oxygens (including phenoxy) is 1. The number of aryl methyl sites for hydroxylation is 1. The molecule has 0 bridgehead atoms. The van der Waals surface area contributed by atoms with E-state index in [2.05, 4.69) is 74.5 Å². The van der Waals surface area contributed by atoms with Crippen molar-refractivity contribution in [3.8, 4) is 5.75 Å². The number of rotatable bonds is 17. The van der Waals surface area contributed by atoms with E-state index in [1.807, 2.05) is 0 Å². The lowest BCUT2D eigenvalue weighted by Crippen LogP contribution is -1.96. The van der Waals surface area contributed by atoms with Gasteiger partial charge < -0.3 is 4.74 Å². The van der Waals surface area contributed by atoms with E-state index in [0.29, 0.717) is 6.61 Å². The molecule has 2 aromatic carbocycles. The lowest BCUT2D eigenvalue weighted by atomic mass is 10.0. The van der Waals surface area contributed by atoms with Gasteiger partial charge in [0.25, 0.3) is 0 Å². The van der Waals surface area contributed by atoms with Crippen LogP contribution in [0.2, 0.25) is 0 Å². The Labute approximate surface area is 191 Å². The van der Waals surface area contributed by atoms with Crippen molar-refractivity contribution in [3.05, 3.63) is 71.3 Å². The summed E-state index contributed by atoms with van der Waals surface area (Å²) in [5.41, 5.74) is 3.93. The van der Waals surface area contributed by atoms with Crippen LogP contribution in [-0.2, 0) is 13.0 Å². The summed E-state index contributed by atoms with van der Waals surface area (Å²) in [5.74, 6) is 0.938. The molecule has 2 aromatic rings. The molecule has 0 radical (unpaired) electrons. The Morgan fingerprint density at radius 3 is 1.87 bits per heavy atom. The Hall–Kier alpha value is -2.02. The second-order valence-corrected chi connectivity index (χ2v) is 8.80. The van der Waals surface area contributed by atoms with E-state index in [0.717, 1.165) is 5.75 Å². The zero-order chi connectivity index (χ0) is 22.0. The molecule has 0 aromatic heterocycles. The Morgan fingerprint density at radius 1 is 0.613 bits per heavy atom. The average Bonchev–Trinajstić information content (AvgIpc) is 2.81. The van der Waals surface area contributed by atoms with Gasteiger partial charge in [0.2, 0.25) is 0 Å². The zero-order valence-corrected chi connectivity index (χ0v) is 20.1. The van der Waals surface area contributed by atoms with Crippen LogP contribution < -0.4 is 4.74 Å². The van der Waals surface area contributed by atoms with E-state index in [1.165, 1.54) is 100 Å². The fourth-order valence-corrected chi connectivity index (χ4v) is 3.84. The first-order valence-electron chi connectivity index (χ1n) is 12.8. The van der Waals surface area contributed by atoms with Gasteiger partial charge in [0.15, 0.2) is 0 Å². The molecule has 0 aliphatic rings. The molecule has 0 atom stereocenters. The van der Waals surface area contributed by atoms with E-state index >= 15 is 0 Å². The maximum absolute atomic E-state index is 5.98. The van der Waals surface area contributed by atoms with E-state index in [9.17, 15) is 0 Å². The maximum Gasteiger partial charge on any atom is 0.119 e. The molecular weight excluding hydrogens is 376 g/mol. The van der Waals surface area contributed by atoms with Gasteiger partial charge in [-0.2, -0.15) is 0 Å². The predicted molar refractivity (Wildman–Crippen MR) is 137 cm³/mol. The van der Waals surface area contributed by atoms with Crippen LogP contribution in [0.4, 0.5) is 0 Å². The van der Waals surface area contributed by atoms with Gasteiger partial charge in [-0.05, 0) is 54.5 Å². The topological polar surface area (TPSA) is 9.23 Å². The first kappa shape index (κ1) is 25.2. The van der Waals surface area contributed by atoms with Crippen LogP contribution in [0.3, 0.4) is 0 Å². The molecular formula is C30H44O. The summed E-state index contributed by atoms with van der Waals surface area (Å²) >= 11 is 0. The molecule has 31 heavy (non-hydrogen) atoms. The van der Waals surface area contributed by atoms with Crippen LogP contribution >= 0.6 is 0 Å². The molecule has 1 heteroatoms. The fourth-order valence-electron chi connectivity index (χ4n) is 3.84. The van der Waals surface area contributed by atoms with Crippen LogP contribution in [0, 0.1) is 0 Å². The van der Waals surface area contributed by atoms with Crippen molar-refractivity contribution in [3.63, 3.8) is 0 Å². The lowest BCUT2D eigenvalue weighted by Gasteiger charge is -2.08. The second kappa shape index (κ2) is 16.6. The molecule has 0 N–H and O–H groups in total. The third-order valence-electron chi connectivity index (χ3n) is 5.91. The van der Waals surface area contributed by atoms with E-state index in [4.69, 9.17) is 4.74 Å². The van der Waals surface area contributed by atoms with Gasteiger partial charge >= 0.3 is 0 Å². The van der Waals surface area contributed by atoms with Crippen LogP contribution in [0.25, 0.3) is 6.08 Å². The molecule has 0 saturated carbocycles. The monoisotopic (exact) mass is 420 g/mol. The first-order valence-corrected chi connectivity index (χ1v) is 12.8. The summed E-state index contributed by atoms with van der Waals surface area (Å²) < 4.78 is 5.98. The minimum Gasteiger partial charge on any atom is -0.489 e. The standard InChI is InChI=1S/C30H44O/c1-3-5-7-9-11-13-15-17-28-22-24-30(25-23-28)31-26-29-20-18-27(19-21-29)16-14-12-10-8-6-4-2/h15,17-25H,3-14,16,26H2,1-2H3. The van der Waals surface area contributed by atoms with Gasteiger partial charge in [-0.1, -0.05) is 120 Å². The molecule has 0 heterocycles. The highest BCUT2D eigenvalue weighted by molar-refractivity contribution is 5.50. The molecule has 170 valence electrons. The third kappa shape index (κ3) is 11.8. The molecule has 0 saturated heterocycles. The van der Waals surface area contributed by atoms with Gasteiger partial charge in [0.1, 0.15) is 12.4 Å².